The van der Waals surface area contributed by atoms with Crippen molar-refractivity contribution in [3.05, 3.63) is 34.1 Å². The van der Waals surface area contributed by atoms with Crippen LogP contribution in [0.5, 0.6) is 0 Å². The van der Waals surface area contributed by atoms with Crippen molar-refractivity contribution in [1.29, 1.82) is 0 Å². The molecule has 0 aliphatic rings. The molecule has 0 saturated carbocycles. The van der Waals surface area contributed by atoms with Crippen LogP contribution in [0.15, 0.2) is 22.7 Å². The molecule has 0 fully saturated rings. The molecule has 0 heterocycles. The first-order chi connectivity index (χ1) is 9.75. The summed E-state index contributed by atoms with van der Waals surface area (Å²) >= 11 is 3.22. The van der Waals surface area contributed by atoms with Crippen molar-refractivity contribution >= 4 is 27.7 Å². The van der Waals surface area contributed by atoms with Crippen LogP contribution in [0, 0.1) is 5.82 Å². The second-order valence-electron chi connectivity index (χ2n) is 5.28. The summed E-state index contributed by atoms with van der Waals surface area (Å²) < 4.78 is 14.2. The quantitative estimate of drug-likeness (QED) is 0.841. The first-order valence-corrected chi connectivity index (χ1v) is 7.58. The zero-order chi connectivity index (χ0) is 16.2. The maximum atomic E-state index is 13.6. The number of hydrogen-bond acceptors (Lipinski definition) is 2. The lowest BCUT2D eigenvalue weighted by molar-refractivity contribution is -0.148. The smallest absolute Gasteiger partial charge is 0.312 e. The molecule has 0 aliphatic heterocycles. The Morgan fingerprint density at radius 1 is 1.24 bits per heavy atom. The van der Waals surface area contributed by atoms with Crippen LogP contribution in [0.2, 0.25) is 0 Å². The van der Waals surface area contributed by atoms with Gasteiger partial charge in [0, 0.05) is 28.7 Å². The lowest BCUT2D eigenvalue weighted by atomic mass is 10.2. The van der Waals surface area contributed by atoms with Crippen molar-refractivity contribution in [3.8, 4) is 0 Å². The van der Waals surface area contributed by atoms with Gasteiger partial charge in [-0.25, -0.2) is 4.39 Å². The van der Waals surface area contributed by atoms with Gasteiger partial charge in [0.05, 0.1) is 0 Å². The number of hydrogen-bond donors (Lipinski definition) is 1. The van der Waals surface area contributed by atoms with Crippen molar-refractivity contribution < 1.29 is 14.0 Å². The zero-order valence-corrected chi connectivity index (χ0v) is 14.2. The summed E-state index contributed by atoms with van der Waals surface area (Å²) in [7, 11) is 0. The lowest BCUT2D eigenvalue weighted by Crippen LogP contribution is -2.49. The number of nitrogens with one attached hydrogen (secondary N) is 1. The van der Waals surface area contributed by atoms with E-state index in [2.05, 4.69) is 21.2 Å². The molecule has 21 heavy (non-hydrogen) atoms. The van der Waals surface area contributed by atoms with E-state index in [-0.39, 0.29) is 18.6 Å². The minimum absolute atomic E-state index is 0.0398. The Balaban J connectivity index is 2.75. The van der Waals surface area contributed by atoms with Gasteiger partial charge in [-0.15, -0.1) is 0 Å². The van der Waals surface area contributed by atoms with Gasteiger partial charge in [-0.05, 0) is 39.8 Å². The van der Waals surface area contributed by atoms with Gasteiger partial charge >= 0.3 is 11.8 Å². The molecule has 0 aliphatic carbocycles. The van der Waals surface area contributed by atoms with Crippen LogP contribution in [0.3, 0.4) is 0 Å². The zero-order valence-electron chi connectivity index (χ0n) is 12.6. The molecule has 4 nitrogen and oxygen atoms in total. The Bertz CT molecular complexity index is 504. The Kier molecular flexibility index (Phi) is 6.33. The number of halogens is 2. The molecular weight excluding hydrogens is 339 g/mol. The number of carbonyl (C=O) groups excluding carboxylic acids is 2. The fourth-order valence-corrected chi connectivity index (χ4v) is 2.61. The summed E-state index contributed by atoms with van der Waals surface area (Å²) in [4.78, 5) is 25.6. The third-order valence-corrected chi connectivity index (χ3v) is 3.77. The van der Waals surface area contributed by atoms with Gasteiger partial charge in [0.25, 0.3) is 0 Å². The van der Waals surface area contributed by atoms with E-state index in [1.54, 1.807) is 12.1 Å². The van der Waals surface area contributed by atoms with Crippen molar-refractivity contribution in [1.82, 2.24) is 10.2 Å². The van der Waals surface area contributed by atoms with E-state index >= 15 is 0 Å². The average molecular weight is 359 g/mol. The topological polar surface area (TPSA) is 49.4 Å². The summed E-state index contributed by atoms with van der Waals surface area (Å²) in [5, 5.41) is 2.47. The van der Waals surface area contributed by atoms with E-state index in [1.165, 1.54) is 11.0 Å². The molecule has 116 valence electrons. The third kappa shape index (κ3) is 4.52. The minimum Gasteiger partial charge on any atom is -0.344 e. The maximum absolute atomic E-state index is 13.6. The first-order valence-electron chi connectivity index (χ1n) is 6.79. The molecule has 0 spiro atoms. The van der Waals surface area contributed by atoms with Gasteiger partial charge in [-0.3, -0.25) is 9.59 Å². The molecule has 1 rings (SSSR count). The van der Waals surface area contributed by atoms with Crippen LogP contribution < -0.4 is 5.32 Å². The summed E-state index contributed by atoms with van der Waals surface area (Å²) in [5.74, 6) is -1.76. The Hall–Kier alpha value is -1.43. The molecule has 1 N–H and O–H groups in total. The average Bonchev–Trinajstić information content (AvgIpc) is 2.36. The highest BCUT2D eigenvalue weighted by Gasteiger charge is 2.26. The largest absolute Gasteiger partial charge is 0.344 e. The third-order valence-electron chi connectivity index (χ3n) is 3.03. The maximum Gasteiger partial charge on any atom is 0.312 e. The molecule has 0 atom stereocenters. The van der Waals surface area contributed by atoms with E-state index in [1.807, 2.05) is 27.7 Å². The van der Waals surface area contributed by atoms with Gasteiger partial charge in [-0.1, -0.05) is 22.0 Å². The highest BCUT2D eigenvalue weighted by atomic mass is 79.9. The van der Waals surface area contributed by atoms with E-state index in [4.69, 9.17) is 0 Å². The number of carbonyl (C=O) groups is 2. The van der Waals surface area contributed by atoms with Crippen LogP contribution in [0.1, 0.15) is 33.3 Å². The van der Waals surface area contributed by atoms with Crippen molar-refractivity contribution in [2.75, 3.05) is 0 Å². The summed E-state index contributed by atoms with van der Waals surface area (Å²) in [5.41, 5.74) is 0.319. The fraction of sp³-hybridized carbons (Fsp3) is 0.467. The molecular formula is C15H20BrFN2O2. The molecule has 0 radical (unpaired) electrons. The van der Waals surface area contributed by atoms with Gasteiger partial charge in [0.2, 0.25) is 0 Å². The molecule has 1 aromatic carbocycles. The number of rotatable bonds is 4. The molecule has 0 saturated heterocycles. The SMILES string of the molecule is CC(C)N(C(=O)C(=O)NCc1c(F)cccc1Br)C(C)C. The molecule has 1 aromatic rings. The van der Waals surface area contributed by atoms with Crippen LogP contribution in [0.25, 0.3) is 0 Å². The Morgan fingerprint density at radius 3 is 2.29 bits per heavy atom. The Morgan fingerprint density at radius 2 is 1.81 bits per heavy atom. The second kappa shape index (κ2) is 7.54. The number of benzene rings is 1. The van der Waals surface area contributed by atoms with Gasteiger partial charge in [0.1, 0.15) is 5.82 Å². The summed E-state index contributed by atoms with van der Waals surface area (Å²) in [6.45, 7) is 7.34. The summed E-state index contributed by atoms with van der Waals surface area (Å²) in [6.07, 6.45) is 0. The Labute approximate surface area is 132 Å². The second-order valence-corrected chi connectivity index (χ2v) is 6.14. The summed E-state index contributed by atoms with van der Waals surface area (Å²) in [6, 6.07) is 4.39. The van der Waals surface area contributed by atoms with Crippen LogP contribution in [0.4, 0.5) is 4.39 Å². The number of nitrogens with zero attached hydrogens (tertiary/aromatic N) is 1. The first kappa shape index (κ1) is 17.6. The van der Waals surface area contributed by atoms with Crippen molar-refractivity contribution in [3.63, 3.8) is 0 Å². The highest BCUT2D eigenvalue weighted by molar-refractivity contribution is 9.10. The predicted molar refractivity (Wildman–Crippen MR) is 83.1 cm³/mol. The van der Waals surface area contributed by atoms with Gasteiger partial charge in [0.15, 0.2) is 0 Å². The standard InChI is InChI=1S/C15H20BrFN2O2/c1-9(2)19(10(3)4)15(21)14(20)18-8-11-12(16)6-5-7-13(11)17/h5-7,9-10H,8H2,1-4H3,(H,18,20). The van der Waals surface area contributed by atoms with E-state index in [0.717, 1.165) is 0 Å². The normalized spacial score (nSPS) is 10.9. The minimum atomic E-state index is -0.729. The molecule has 0 bridgehead atoms. The monoisotopic (exact) mass is 358 g/mol. The van der Waals surface area contributed by atoms with E-state index < -0.39 is 17.6 Å². The van der Waals surface area contributed by atoms with E-state index in [9.17, 15) is 14.0 Å². The molecule has 0 aromatic heterocycles. The molecule has 2 amide bonds. The van der Waals surface area contributed by atoms with Crippen LogP contribution >= 0.6 is 15.9 Å². The molecule has 6 heteroatoms. The van der Waals surface area contributed by atoms with Gasteiger partial charge in [-0.2, -0.15) is 0 Å². The van der Waals surface area contributed by atoms with Crippen LogP contribution in [-0.4, -0.2) is 28.8 Å². The highest BCUT2D eigenvalue weighted by Crippen LogP contribution is 2.19. The van der Waals surface area contributed by atoms with Crippen LogP contribution in [-0.2, 0) is 16.1 Å². The fourth-order valence-electron chi connectivity index (χ4n) is 2.13. The van der Waals surface area contributed by atoms with Crippen molar-refractivity contribution in [2.45, 2.75) is 46.3 Å². The van der Waals surface area contributed by atoms with Crippen molar-refractivity contribution in [2.24, 2.45) is 0 Å². The molecule has 0 unspecified atom stereocenters. The lowest BCUT2D eigenvalue weighted by Gasteiger charge is -2.30. The number of amides is 2. The van der Waals surface area contributed by atoms with Gasteiger partial charge < -0.3 is 10.2 Å². The predicted octanol–water partition coefficient (Wildman–Crippen LogP) is 2.85. The van der Waals surface area contributed by atoms with E-state index in [0.29, 0.717) is 10.0 Å².